The van der Waals surface area contributed by atoms with E-state index in [1.165, 1.54) is 37.7 Å². The van der Waals surface area contributed by atoms with E-state index in [9.17, 15) is 4.79 Å². The number of nitrogens with zero attached hydrogens (tertiary/aromatic N) is 2. The zero-order chi connectivity index (χ0) is 18.6. The van der Waals surface area contributed by atoms with Crippen LogP contribution in [-0.2, 0) is 11.2 Å². The number of aryl methyl sites for hydroxylation is 1. The number of carbonyl (C=O) groups is 1. The van der Waals surface area contributed by atoms with Crippen molar-refractivity contribution in [3.8, 4) is 5.75 Å². The highest BCUT2D eigenvalue weighted by Gasteiger charge is 2.48. The van der Waals surface area contributed by atoms with Crippen LogP contribution in [0.25, 0.3) is 0 Å². The number of ether oxygens (including phenoxy) is 1. The number of carbonyl (C=O) groups excluding carboxylic acids is 1. The van der Waals surface area contributed by atoms with Gasteiger partial charge in [0.25, 0.3) is 0 Å². The third-order valence-corrected chi connectivity index (χ3v) is 6.58. The molecule has 1 saturated carbocycles. The molecule has 0 N–H and O–H groups in total. The molecule has 0 bridgehead atoms. The predicted molar refractivity (Wildman–Crippen MR) is 106 cm³/mol. The Morgan fingerprint density at radius 3 is 2.54 bits per heavy atom. The van der Waals surface area contributed by atoms with E-state index in [4.69, 9.17) is 4.74 Å². The Bertz CT molecular complexity index is 593. The molecular formula is C22H34N2O2. The first-order valence-electron chi connectivity index (χ1n) is 10.2. The SMILES string of the molecule is CCN(C)[C@@H]1CN(C(=O)CCc2ccc(OC)cc2)C2(CCCCC2)C1. The Labute approximate surface area is 158 Å². The van der Waals surface area contributed by atoms with Gasteiger partial charge < -0.3 is 14.5 Å². The third kappa shape index (κ3) is 4.06. The van der Waals surface area contributed by atoms with Crippen molar-refractivity contribution in [3.05, 3.63) is 29.8 Å². The smallest absolute Gasteiger partial charge is 0.223 e. The second kappa shape index (κ2) is 8.43. The van der Waals surface area contributed by atoms with Crippen LogP contribution in [0.3, 0.4) is 0 Å². The fraction of sp³-hybridized carbons (Fsp3) is 0.682. The van der Waals surface area contributed by atoms with Gasteiger partial charge in [-0.15, -0.1) is 0 Å². The third-order valence-electron chi connectivity index (χ3n) is 6.58. The molecule has 1 aliphatic heterocycles. The van der Waals surface area contributed by atoms with Gasteiger partial charge in [0.05, 0.1) is 7.11 Å². The molecule has 2 aliphatic rings. The average Bonchev–Trinajstić information content (AvgIpc) is 3.05. The summed E-state index contributed by atoms with van der Waals surface area (Å²) in [5.41, 5.74) is 1.34. The number of rotatable bonds is 6. The van der Waals surface area contributed by atoms with Crippen molar-refractivity contribution in [2.45, 2.75) is 69.9 Å². The van der Waals surface area contributed by atoms with Gasteiger partial charge in [0.2, 0.25) is 5.91 Å². The van der Waals surface area contributed by atoms with Crippen LogP contribution < -0.4 is 4.74 Å². The Morgan fingerprint density at radius 2 is 1.92 bits per heavy atom. The highest BCUT2D eigenvalue weighted by molar-refractivity contribution is 5.78. The molecule has 1 aromatic rings. The van der Waals surface area contributed by atoms with Gasteiger partial charge in [0.15, 0.2) is 0 Å². The Balaban J connectivity index is 1.66. The van der Waals surface area contributed by atoms with Gasteiger partial charge in [-0.05, 0) is 57.0 Å². The molecule has 1 atom stereocenters. The summed E-state index contributed by atoms with van der Waals surface area (Å²) in [6.45, 7) is 4.17. The zero-order valence-electron chi connectivity index (χ0n) is 16.7. The molecule has 2 fully saturated rings. The molecule has 0 radical (unpaired) electrons. The van der Waals surface area contributed by atoms with Crippen molar-refractivity contribution in [3.63, 3.8) is 0 Å². The highest BCUT2D eigenvalue weighted by atomic mass is 16.5. The molecule has 1 spiro atoms. The van der Waals surface area contributed by atoms with Gasteiger partial charge in [-0.25, -0.2) is 0 Å². The van der Waals surface area contributed by atoms with Crippen molar-refractivity contribution in [2.75, 3.05) is 27.2 Å². The standard InChI is InChI=1S/C22H34N2O2/c1-4-23(2)19-16-22(14-6-5-7-15-22)24(17-19)21(25)13-10-18-8-11-20(26-3)12-9-18/h8-9,11-12,19H,4-7,10,13-17H2,1-3H3/t19-/m0/s1. The van der Waals surface area contributed by atoms with Crippen LogP contribution in [0.1, 0.15) is 57.4 Å². The van der Waals surface area contributed by atoms with Crippen molar-refractivity contribution < 1.29 is 9.53 Å². The van der Waals surface area contributed by atoms with E-state index in [0.29, 0.717) is 18.4 Å². The minimum absolute atomic E-state index is 0.128. The van der Waals surface area contributed by atoms with Gasteiger partial charge in [0, 0.05) is 24.5 Å². The summed E-state index contributed by atoms with van der Waals surface area (Å²) in [7, 11) is 3.88. The molecule has 3 rings (SSSR count). The van der Waals surface area contributed by atoms with E-state index in [1.807, 2.05) is 12.1 Å². The highest BCUT2D eigenvalue weighted by Crippen LogP contribution is 2.43. The van der Waals surface area contributed by atoms with E-state index < -0.39 is 0 Å². The monoisotopic (exact) mass is 358 g/mol. The van der Waals surface area contributed by atoms with Crippen LogP contribution in [0.2, 0.25) is 0 Å². The normalized spacial score (nSPS) is 22.2. The van der Waals surface area contributed by atoms with Crippen LogP contribution in [0.5, 0.6) is 5.75 Å². The zero-order valence-corrected chi connectivity index (χ0v) is 16.7. The second-order valence-corrected chi connectivity index (χ2v) is 8.07. The lowest BCUT2D eigenvalue weighted by Gasteiger charge is -2.41. The molecule has 0 unspecified atom stereocenters. The lowest BCUT2D eigenvalue weighted by Crippen LogP contribution is -2.48. The molecule has 1 amide bonds. The van der Waals surface area contributed by atoms with Gasteiger partial charge in [0.1, 0.15) is 5.75 Å². The molecule has 26 heavy (non-hydrogen) atoms. The fourth-order valence-electron chi connectivity index (χ4n) is 4.80. The van der Waals surface area contributed by atoms with Crippen LogP contribution >= 0.6 is 0 Å². The summed E-state index contributed by atoms with van der Waals surface area (Å²) in [6.07, 6.45) is 8.82. The quantitative estimate of drug-likeness (QED) is 0.773. The van der Waals surface area contributed by atoms with Crippen molar-refractivity contribution in [2.24, 2.45) is 0 Å². The summed E-state index contributed by atoms with van der Waals surface area (Å²) in [5.74, 6) is 1.21. The summed E-state index contributed by atoms with van der Waals surface area (Å²) < 4.78 is 5.22. The molecular weight excluding hydrogens is 324 g/mol. The summed E-state index contributed by atoms with van der Waals surface area (Å²) >= 11 is 0. The van der Waals surface area contributed by atoms with E-state index in [0.717, 1.165) is 31.7 Å². The number of likely N-dealkylation sites (tertiary alicyclic amines) is 1. The lowest BCUT2D eigenvalue weighted by molar-refractivity contribution is -0.136. The lowest BCUT2D eigenvalue weighted by atomic mass is 9.79. The molecule has 144 valence electrons. The number of methoxy groups -OCH3 is 1. The molecule has 1 aromatic carbocycles. The van der Waals surface area contributed by atoms with Crippen molar-refractivity contribution >= 4 is 5.91 Å². The number of hydrogen-bond donors (Lipinski definition) is 0. The maximum absolute atomic E-state index is 13.2. The van der Waals surface area contributed by atoms with E-state index in [2.05, 4.69) is 35.9 Å². The minimum atomic E-state index is 0.128. The molecule has 1 saturated heterocycles. The Kier molecular flexibility index (Phi) is 6.23. The van der Waals surface area contributed by atoms with Crippen LogP contribution in [0, 0.1) is 0 Å². The first kappa shape index (κ1) is 19.2. The van der Waals surface area contributed by atoms with Crippen LogP contribution in [0.4, 0.5) is 0 Å². The van der Waals surface area contributed by atoms with E-state index in [-0.39, 0.29) is 5.54 Å². The van der Waals surface area contributed by atoms with Crippen LogP contribution in [-0.4, -0.2) is 54.5 Å². The van der Waals surface area contributed by atoms with Crippen molar-refractivity contribution in [1.29, 1.82) is 0 Å². The summed E-state index contributed by atoms with van der Waals surface area (Å²) in [4.78, 5) is 17.8. The number of likely N-dealkylation sites (N-methyl/N-ethyl adjacent to an activating group) is 1. The van der Waals surface area contributed by atoms with Crippen molar-refractivity contribution in [1.82, 2.24) is 9.80 Å². The van der Waals surface area contributed by atoms with Gasteiger partial charge in [-0.1, -0.05) is 38.3 Å². The molecule has 1 heterocycles. The van der Waals surface area contributed by atoms with E-state index >= 15 is 0 Å². The summed E-state index contributed by atoms with van der Waals surface area (Å²) in [6, 6.07) is 8.61. The second-order valence-electron chi connectivity index (χ2n) is 8.07. The average molecular weight is 359 g/mol. The number of benzene rings is 1. The fourth-order valence-corrected chi connectivity index (χ4v) is 4.80. The maximum Gasteiger partial charge on any atom is 0.223 e. The number of hydrogen-bond acceptors (Lipinski definition) is 3. The van der Waals surface area contributed by atoms with Gasteiger partial charge in [-0.3, -0.25) is 4.79 Å². The molecule has 1 aliphatic carbocycles. The van der Waals surface area contributed by atoms with Gasteiger partial charge in [-0.2, -0.15) is 0 Å². The largest absolute Gasteiger partial charge is 0.497 e. The van der Waals surface area contributed by atoms with Crippen LogP contribution in [0.15, 0.2) is 24.3 Å². The maximum atomic E-state index is 13.2. The Morgan fingerprint density at radius 1 is 1.23 bits per heavy atom. The Hall–Kier alpha value is -1.55. The first-order valence-corrected chi connectivity index (χ1v) is 10.2. The molecule has 0 aromatic heterocycles. The topological polar surface area (TPSA) is 32.8 Å². The minimum Gasteiger partial charge on any atom is -0.497 e. The first-order chi connectivity index (χ1) is 12.6. The summed E-state index contributed by atoms with van der Waals surface area (Å²) in [5, 5.41) is 0. The predicted octanol–water partition coefficient (Wildman–Crippen LogP) is 3.88. The van der Waals surface area contributed by atoms with Gasteiger partial charge >= 0.3 is 0 Å². The van der Waals surface area contributed by atoms with E-state index in [1.54, 1.807) is 7.11 Å². The molecule has 4 heteroatoms. The molecule has 4 nitrogen and oxygen atoms in total. The number of amides is 1.